The van der Waals surface area contributed by atoms with Crippen molar-refractivity contribution in [3.63, 3.8) is 0 Å². The molecule has 1 atom stereocenters. The molecule has 0 radical (unpaired) electrons. The van der Waals surface area contributed by atoms with Gasteiger partial charge in [-0.25, -0.2) is 8.42 Å². The van der Waals surface area contributed by atoms with E-state index in [0.717, 1.165) is 25.9 Å². The molecule has 2 heterocycles. The SMILES string of the molecule is Cc1noc(C)c1S(=O)(=O)N1CCCN(C[C@H]2CC2(Cl)Cl)CC1. The lowest BCUT2D eigenvalue weighted by molar-refractivity contribution is 0.274. The Morgan fingerprint density at radius 2 is 1.96 bits per heavy atom. The first-order valence-electron chi connectivity index (χ1n) is 7.75. The van der Waals surface area contributed by atoms with Gasteiger partial charge in [0.2, 0.25) is 10.0 Å². The molecule has 0 unspecified atom stereocenters. The average molecular weight is 382 g/mol. The number of sulfonamides is 1. The lowest BCUT2D eigenvalue weighted by atomic mass is 10.3. The first kappa shape index (κ1) is 17.5. The topological polar surface area (TPSA) is 66.7 Å². The van der Waals surface area contributed by atoms with Crippen LogP contribution in [0, 0.1) is 19.8 Å². The van der Waals surface area contributed by atoms with Crippen LogP contribution in [0.5, 0.6) is 0 Å². The number of alkyl halides is 2. The Morgan fingerprint density at radius 3 is 2.52 bits per heavy atom. The number of hydrogen-bond donors (Lipinski definition) is 0. The molecular weight excluding hydrogens is 361 g/mol. The Morgan fingerprint density at radius 1 is 1.26 bits per heavy atom. The zero-order chi connectivity index (χ0) is 16.8. The van der Waals surface area contributed by atoms with Crippen molar-refractivity contribution in [3.05, 3.63) is 11.5 Å². The van der Waals surface area contributed by atoms with Gasteiger partial charge >= 0.3 is 0 Å². The van der Waals surface area contributed by atoms with E-state index in [9.17, 15) is 8.42 Å². The fourth-order valence-electron chi connectivity index (χ4n) is 3.12. The van der Waals surface area contributed by atoms with Crippen LogP contribution in [-0.4, -0.2) is 59.8 Å². The minimum Gasteiger partial charge on any atom is -0.360 e. The predicted molar refractivity (Wildman–Crippen MR) is 88.3 cm³/mol. The Hall–Kier alpha value is -0.340. The van der Waals surface area contributed by atoms with Crippen molar-refractivity contribution in [2.45, 2.75) is 35.9 Å². The molecule has 0 spiro atoms. The van der Waals surface area contributed by atoms with E-state index in [1.54, 1.807) is 13.8 Å². The van der Waals surface area contributed by atoms with Gasteiger partial charge in [-0.3, -0.25) is 0 Å². The minimum atomic E-state index is -3.56. The summed E-state index contributed by atoms with van der Waals surface area (Å²) in [5, 5.41) is 3.76. The van der Waals surface area contributed by atoms with E-state index in [1.165, 1.54) is 4.31 Å². The molecule has 1 aromatic rings. The van der Waals surface area contributed by atoms with E-state index >= 15 is 0 Å². The van der Waals surface area contributed by atoms with E-state index in [1.807, 2.05) is 0 Å². The number of aromatic nitrogens is 1. The number of nitrogens with zero attached hydrogens (tertiary/aromatic N) is 3. The number of rotatable bonds is 4. The monoisotopic (exact) mass is 381 g/mol. The third-order valence-corrected chi connectivity index (χ3v) is 7.62. The quantitative estimate of drug-likeness (QED) is 0.747. The van der Waals surface area contributed by atoms with E-state index in [-0.39, 0.29) is 10.8 Å². The van der Waals surface area contributed by atoms with Gasteiger partial charge in [-0.1, -0.05) is 5.16 Å². The summed E-state index contributed by atoms with van der Waals surface area (Å²) < 4.78 is 31.7. The molecular formula is C14H21Cl2N3O3S. The summed E-state index contributed by atoms with van der Waals surface area (Å²) in [4.78, 5) is 2.45. The highest BCUT2D eigenvalue weighted by molar-refractivity contribution is 7.89. The maximum Gasteiger partial charge on any atom is 0.248 e. The fraction of sp³-hybridized carbons (Fsp3) is 0.786. The summed E-state index contributed by atoms with van der Waals surface area (Å²) in [6, 6.07) is 0. The van der Waals surface area contributed by atoms with Crippen LogP contribution in [0.1, 0.15) is 24.3 Å². The van der Waals surface area contributed by atoms with Crippen molar-refractivity contribution < 1.29 is 12.9 Å². The fourth-order valence-corrected chi connectivity index (χ4v) is 5.39. The van der Waals surface area contributed by atoms with Crippen molar-refractivity contribution in [2.75, 3.05) is 32.7 Å². The molecule has 1 saturated carbocycles. The second-order valence-electron chi connectivity index (χ2n) is 6.37. The average Bonchev–Trinajstić information content (AvgIpc) is 3.01. The summed E-state index contributed by atoms with van der Waals surface area (Å²) in [7, 11) is -3.56. The van der Waals surface area contributed by atoms with Crippen LogP contribution in [0.3, 0.4) is 0 Å². The van der Waals surface area contributed by atoms with Gasteiger partial charge < -0.3 is 9.42 Å². The van der Waals surface area contributed by atoms with Gasteiger partial charge in [-0.15, -0.1) is 23.2 Å². The molecule has 2 aliphatic rings. The molecule has 1 aliphatic heterocycles. The summed E-state index contributed by atoms with van der Waals surface area (Å²) in [5.74, 6) is 0.632. The summed E-state index contributed by atoms with van der Waals surface area (Å²) in [6.07, 6.45) is 1.60. The molecule has 2 fully saturated rings. The van der Waals surface area contributed by atoms with E-state index < -0.39 is 14.4 Å². The first-order valence-corrected chi connectivity index (χ1v) is 9.94. The zero-order valence-electron chi connectivity index (χ0n) is 13.3. The second-order valence-corrected chi connectivity index (χ2v) is 9.79. The van der Waals surface area contributed by atoms with Gasteiger partial charge in [0, 0.05) is 32.1 Å². The Labute approximate surface area is 146 Å². The molecule has 23 heavy (non-hydrogen) atoms. The maximum atomic E-state index is 12.9. The maximum absolute atomic E-state index is 12.9. The standard InChI is InChI=1S/C14H21Cl2N3O3S/c1-10-13(11(2)22-17-10)23(20,21)19-5-3-4-18(6-7-19)9-12-8-14(12,15)16/h12H,3-9H2,1-2H3/t12-/m1/s1. The third kappa shape index (κ3) is 3.54. The van der Waals surface area contributed by atoms with Crippen LogP contribution in [0.25, 0.3) is 0 Å². The van der Waals surface area contributed by atoms with Crippen LogP contribution < -0.4 is 0 Å². The van der Waals surface area contributed by atoms with Crippen LogP contribution in [-0.2, 0) is 10.0 Å². The molecule has 3 rings (SSSR count). The zero-order valence-corrected chi connectivity index (χ0v) is 15.6. The lowest BCUT2D eigenvalue weighted by Crippen LogP contribution is -2.36. The van der Waals surface area contributed by atoms with Gasteiger partial charge in [0.1, 0.15) is 14.9 Å². The van der Waals surface area contributed by atoms with Crippen LogP contribution >= 0.6 is 23.2 Å². The van der Waals surface area contributed by atoms with Crippen LogP contribution in [0.2, 0.25) is 0 Å². The molecule has 1 saturated heterocycles. The van der Waals surface area contributed by atoms with E-state index in [2.05, 4.69) is 10.1 Å². The summed E-state index contributed by atoms with van der Waals surface area (Å²) in [6.45, 7) is 6.60. The van der Waals surface area contributed by atoms with E-state index in [4.69, 9.17) is 27.7 Å². The first-order chi connectivity index (χ1) is 10.7. The molecule has 9 heteroatoms. The number of halogens is 2. The van der Waals surface area contributed by atoms with Gasteiger partial charge in [0.05, 0.1) is 0 Å². The van der Waals surface area contributed by atoms with Gasteiger partial charge in [-0.05, 0) is 33.2 Å². The smallest absolute Gasteiger partial charge is 0.248 e. The molecule has 0 N–H and O–H groups in total. The third-order valence-electron chi connectivity index (χ3n) is 4.55. The largest absolute Gasteiger partial charge is 0.360 e. The molecule has 0 aromatic carbocycles. The Kier molecular flexibility index (Phi) is 4.70. The van der Waals surface area contributed by atoms with Crippen molar-refractivity contribution in [1.82, 2.24) is 14.4 Å². The molecule has 0 bridgehead atoms. The van der Waals surface area contributed by atoms with Gasteiger partial charge in [0.25, 0.3) is 0 Å². The van der Waals surface area contributed by atoms with Crippen molar-refractivity contribution in [2.24, 2.45) is 5.92 Å². The predicted octanol–water partition coefficient (Wildman–Crippen LogP) is 2.18. The van der Waals surface area contributed by atoms with Gasteiger partial charge in [0.15, 0.2) is 5.76 Å². The molecule has 1 aliphatic carbocycles. The highest BCUT2D eigenvalue weighted by atomic mass is 35.5. The normalized spacial score (nSPS) is 26.2. The van der Waals surface area contributed by atoms with Crippen molar-refractivity contribution in [3.8, 4) is 0 Å². The highest BCUT2D eigenvalue weighted by Crippen LogP contribution is 2.53. The Bertz CT molecular complexity index is 670. The number of hydrogen-bond acceptors (Lipinski definition) is 5. The van der Waals surface area contributed by atoms with Gasteiger partial charge in [-0.2, -0.15) is 4.31 Å². The highest BCUT2D eigenvalue weighted by Gasteiger charge is 2.52. The summed E-state index contributed by atoms with van der Waals surface area (Å²) >= 11 is 12.2. The molecule has 130 valence electrons. The van der Waals surface area contributed by atoms with Crippen LogP contribution in [0.15, 0.2) is 9.42 Å². The Balaban J connectivity index is 1.68. The van der Waals surface area contributed by atoms with Crippen LogP contribution in [0.4, 0.5) is 0 Å². The molecule has 6 nitrogen and oxygen atoms in total. The second kappa shape index (κ2) is 6.19. The molecule has 1 aromatic heterocycles. The summed E-state index contributed by atoms with van der Waals surface area (Å²) in [5.41, 5.74) is 0.413. The van der Waals surface area contributed by atoms with E-state index in [0.29, 0.717) is 31.1 Å². The minimum absolute atomic E-state index is 0.202. The van der Waals surface area contributed by atoms with Crippen molar-refractivity contribution >= 4 is 33.2 Å². The number of aryl methyl sites for hydroxylation is 2. The molecule has 0 amide bonds. The lowest BCUT2D eigenvalue weighted by Gasteiger charge is -2.21. The van der Waals surface area contributed by atoms with Crippen molar-refractivity contribution in [1.29, 1.82) is 0 Å².